The summed E-state index contributed by atoms with van der Waals surface area (Å²) in [5.41, 5.74) is 6.94. The molecular weight excluding hydrogens is 581 g/mol. The van der Waals surface area contributed by atoms with Gasteiger partial charge in [0.15, 0.2) is 0 Å². The monoisotopic (exact) mass is 615 g/mol. The van der Waals surface area contributed by atoms with Crippen molar-refractivity contribution < 1.29 is 4.74 Å². The van der Waals surface area contributed by atoms with Gasteiger partial charge in [-0.1, -0.05) is 0 Å². The number of hydrogen-bond acceptors (Lipinski definition) is 6. The molecule has 0 bridgehead atoms. The van der Waals surface area contributed by atoms with Crippen LogP contribution < -0.4 is 31.7 Å². The predicted octanol–water partition coefficient (Wildman–Crippen LogP) is 5.13. The molecule has 0 spiro atoms. The zero-order valence-electron chi connectivity index (χ0n) is 22.8. The zero-order valence-corrected chi connectivity index (χ0v) is 25.3. The standard InChI is InChI=1S/C32H35BrN5OP/c1-38(2)32-36-30(35-31(34)37-32)25-19-21-26(22-20-25)39-23-12-24-40(33,27-13-6-3-7-14-27,28-15-8-4-9-16-28)29-17-10-5-11-18-29/h3-11,13-22,30H,12,23-24H2,1-2H3,(H3,34,35,36,37). The van der Waals surface area contributed by atoms with Gasteiger partial charge in [-0.25, -0.2) is 0 Å². The number of benzene rings is 4. The number of aliphatic imine (C=N–C) groups is 2. The molecule has 40 heavy (non-hydrogen) atoms. The van der Waals surface area contributed by atoms with E-state index in [-0.39, 0.29) is 6.17 Å². The van der Waals surface area contributed by atoms with E-state index in [0.717, 1.165) is 23.9 Å². The molecule has 6 nitrogen and oxygen atoms in total. The molecule has 0 aromatic heterocycles. The topological polar surface area (TPSA) is 75.2 Å². The summed E-state index contributed by atoms with van der Waals surface area (Å²) in [5.74, 6) is 1.86. The molecule has 0 amide bonds. The molecule has 0 aliphatic carbocycles. The quantitative estimate of drug-likeness (QED) is 0.202. The van der Waals surface area contributed by atoms with E-state index in [4.69, 9.17) is 10.5 Å². The van der Waals surface area contributed by atoms with Crippen molar-refractivity contribution in [2.24, 2.45) is 15.7 Å². The SMILES string of the molecule is CN(C)C1=NC(c2ccc(OCCCP(Br)(c3ccccc3)(c3ccccc3)c3ccccc3)cc2)N=C(N)N1. The third-order valence-electron chi connectivity index (χ3n) is 7.22. The van der Waals surface area contributed by atoms with Gasteiger partial charge < -0.3 is 0 Å². The van der Waals surface area contributed by atoms with Crippen LogP contribution in [0, 0.1) is 0 Å². The van der Waals surface area contributed by atoms with Gasteiger partial charge in [0.05, 0.1) is 0 Å². The number of halogens is 1. The van der Waals surface area contributed by atoms with Crippen LogP contribution in [0.15, 0.2) is 125 Å². The van der Waals surface area contributed by atoms with Gasteiger partial charge in [-0.3, -0.25) is 0 Å². The summed E-state index contributed by atoms with van der Waals surface area (Å²) in [7, 11) is 3.83. The molecule has 1 aliphatic rings. The van der Waals surface area contributed by atoms with Gasteiger partial charge in [-0.15, -0.1) is 0 Å². The van der Waals surface area contributed by atoms with Crippen LogP contribution >= 0.6 is 20.8 Å². The van der Waals surface area contributed by atoms with E-state index in [1.807, 2.05) is 43.3 Å². The maximum atomic E-state index is 6.26. The number of ether oxygens (including phenoxy) is 1. The van der Waals surface area contributed by atoms with E-state index in [1.54, 1.807) is 0 Å². The number of hydrogen-bond donors (Lipinski definition) is 2. The summed E-state index contributed by atoms with van der Waals surface area (Å²) in [6.07, 6.45) is 1.41. The molecule has 1 atom stereocenters. The van der Waals surface area contributed by atoms with Crippen LogP contribution in [-0.2, 0) is 0 Å². The molecule has 1 heterocycles. The molecule has 4 aromatic rings. The molecule has 0 saturated carbocycles. The third kappa shape index (κ3) is 5.49. The maximum absolute atomic E-state index is 6.26. The number of guanidine groups is 2. The van der Waals surface area contributed by atoms with Gasteiger partial charge in [0.2, 0.25) is 0 Å². The summed E-state index contributed by atoms with van der Waals surface area (Å²) < 4.78 is 6.26. The fourth-order valence-electron chi connectivity index (χ4n) is 5.17. The summed E-state index contributed by atoms with van der Waals surface area (Å²) in [5, 5.41) is 3.98. The minimum absolute atomic E-state index is 0.357. The van der Waals surface area contributed by atoms with Crippen molar-refractivity contribution in [3.8, 4) is 5.75 Å². The fourth-order valence-corrected chi connectivity index (χ4v) is 12.8. The van der Waals surface area contributed by atoms with Gasteiger partial charge in [0.25, 0.3) is 0 Å². The molecule has 0 fully saturated rings. The normalized spacial score (nSPS) is 16.1. The summed E-state index contributed by atoms with van der Waals surface area (Å²) in [4.78, 5) is 11.0. The Morgan fingerprint density at radius 1 is 0.775 bits per heavy atom. The van der Waals surface area contributed by atoms with Gasteiger partial charge >= 0.3 is 231 Å². The third-order valence-corrected chi connectivity index (χ3v) is 17.3. The molecule has 5 rings (SSSR count). The molecule has 8 heteroatoms. The van der Waals surface area contributed by atoms with Crippen molar-refractivity contribution in [1.29, 1.82) is 0 Å². The average molecular weight is 617 g/mol. The summed E-state index contributed by atoms with van der Waals surface area (Å²) in [6.45, 7) is 0.594. The molecule has 4 aromatic carbocycles. The van der Waals surface area contributed by atoms with Gasteiger partial charge in [-0.2, -0.15) is 0 Å². The van der Waals surface area contributed by atoms with Gasteiger partial charge in [0, 0.05) is 14.1 Å². The van der Waals surface area contributed by atoms with Crippen molar-refractivity contribution in [1.82, 2.24) is 10.2 Å². The molecule has 0 radical (unpaired) electrons. The van der Waals surface area contributed by atoms with E-state index in [1.165, 1.54) is 15.9 Å². The van der Waals surface area contributed by atoms with E-state index >= 15 is 0 Å². The van der Waals surface area contributed by atoms with Crippen molar-refractivity contribution in [2.75, 3.05) is 26.9 Å². The second kappa shape index (κ2) is 11.8. The Hall–Kier alpha value is -3.67. The number of nitrogens with zero attached hydrogens (tertiary/aromatic N) is 3. The molecule has 1 unspecified atom stereocenters. The predicted molar refractivity (Wildman–Crippen MR) is 174 cm³/mol. The van der Waals surface area contributed by atoms with Crippen molar-refractivity contribution >= 4 is 48.6 Å². The van der Waals surface area contributed by atoms with Crippen LogP contribution in [0.5, 0.6) is 5.75 Å². The average Bonchev–Trinajstić information content (AvgIpc) is 3.00. The zero-order chi connectivity index (χ0) is 28.0. The fraction of sp³-hybridized carbons (Fsp3) is 0.188. The minimum atomic E-state index is -2.95. The second-order valence-electron chi connectivity index (χ2n) is 10.0. The number of nitrogens with one attached hydrogen (secondary N) is 1. The van der Waals surface area contributed by atoms with E-state index in [9.17, 15) is 0 Å². The Kier molecular flexibility index (Phi) is 8.24. The Labute approximate surface area is 244 Å². The molecule has 3 N–H and O–H groups in total. The Bertz CT molecular complexity index is 1380. The van der Waals surface area contributed by atoms with Crippen LogP contribution in [0.4, 0.5) is 0 Å². The molecule has 0 saturated heterocycles. The van der Waals surface area contributed by atoms with Crippen LogP contribution in [0.3, 0.4) is 0 Å². The Morgan fingerprint density at radius 2 is 1.27 bits per heavy atom. The second-order valence-corrected chi connectivity index (χ2v) is 19.1. The van der Waals surface area contributed by atoms with Gasteiger partial charge in [0.1, 0.15) is 0 Å². The van der Waals surface area contributed by atoms with E-state index < -0.39 is 5.31 Å². The first kappa shape index (κ1) is 27.9. The van der Waals surface area contributed by atoms with Crippen LogP contribution in [0.1, 0.15) is 18.2 Å². The van der Waals surface area contributed by atoms with Crippen LogP contribution in [-0.4, -0.2) is 43.7 Å². The first-order valence-corrected chi connectivity index (χ1v) is 17.8. The first-order valence-electron chi connectivity index (χ1n) is 13.4. The Balaban J connectivity index is 1.37. The molecule has 1 aliphatic heterocycles. The van der Waals surface area contributed by atoms with E-state index in [0.29, 0.717) is 18.5 Å². The van der Waals surface area contributed by atoms with Gasteiger partial charge in [-0.05, 0) is 0 Å². The summed E-state index contributed by atoms with van der Waals surface area (Å²) in [6, 6.07) is 40.5. The van der Waals surface area contributed by atoms with Crippen molar-refractivity contribution in [3.63, 3.8) is 0 Å². The number of rotatable bonds is 9. The molecule has 206 valence electrons. The van der Waals surface area contributed by atoms with Crippen LogP contribution in [0.25, 0.3) is 0 Å². The summed E-state index contributed by atoms with van der Waals surface area (Å²) >= 11 is 4.51. The Morgan fingerprint density at radius 3 is 1.75 bits per heavy atom. The van der Waals surface area contributed by atoms with E-state index in [2.05, 4.69) is 122 Å². The van der Waals surface area contributed by atoms with Crippen molar-refractivity contribution in [3.05, 3.63) is 121 Å². The van der Waals surface area contributed by atoms with Crippen LogP contribution in [0.2, 0.25) is 0 Å². The molecular formula is C32H35BrN5OP. The van der Waals surface area contributed by atoms with Crippen molar-refractivity contribution in [2.45, 2.75) is 12.6 Å². The first-order chi connectivity index (χ1) is 19.4. The number of nitrogens with two attached hydrogens (primary N) is 1.